The lowest BCUT2D eigenvalue weighted by Crippen LogP contribution is -2.41. The molecule has 7 heteroatoms. The minimum atomic E-state index is -4.72. The zero-order valence-corrected chi connectivity index (χ0v) is 15.6. The minimum absolute atomic E-state index is 0.0899. The van der Waals surface area contributed by atoms with E-state index in [1.54, 1.807) is 6.08 Å². The van der Waals surface area contributed by atoms with Gasteiger partial charge in [0.05, 0.1) is 6.61 Å². The lowest BCUT2D eigenvalue weighted by atomic mass is 9.80. The first kappa shape index (κ1) is 20.2. The van der Waals surface area contributed by atoms with E-state index in [4.69, 9.17) is 9.84 Å². The van der Waals surface area contributed by atoms with Gasteiger partial charge in [-0.3, -0.25) is 5.41 Å². The largest absolute Gasteiger partial charge is 0.470 e. The fourth-order valence-corrected chi connectivity index (χ4v) is 2.88. The highest BCUT2D eigenvalue weighted by Crippen LogP contribution is 2.38. The van der Waals surface area contributed by atoms with E-state index in [0.717, 1.165) is 24.8 Å². The molecule has 0 heterocycles. The molecule has 3 nitrogen and oxygen atoms in total. The summed E-state index contributed by atoms with van der Waals surface area (Å²) in [7, 11) is -1.90. The third kappa shape index (κ3) is 5.95. The van der Waals surface area contributed by atoms with Crippen LogP contribution in [-0.2, 0) is 9.16 Å². The maximum Gasteiger partial charge on any atom is 0.467 e. The summed E-state index contributed by atoms with van der Waals surface area (Å²) >= 11 is 0. The Morgan fingerprint density at radius 2 is 1.78 bits per heavy atom. The van der Waals surface area contributed by atoms with Crippen LogP contribution in [0.2, 0.25) is 18.1 Å². The third-order valence-corrected chi connectivity index (χ3v) is 9.34. The Morgan fingerprint density at radius 3 is 2.17 bits per heavy atom. The van der Waals surface area contributed by atoms with Crippen LogP contribution in [0, 0.1) is 11.3 Å². The monoisotopic (exact) mass is 351 g/mol. The average Bonchev–Trinajstić information content (AvgIpc) is 2.30. The number of halogens is 3. The Morgan fingerprint density at radius 1 is 1.22 bits per heavy atom. The molecule has 0 spiro atoms. The predicted octanol–water partition coefficient (Wildman–Crippen LogP) is 5.29. The zero-order valence-electron chi connectivity index (χ0n) is 14.6. The van der Waals surface area contributed by atoms with Crippen molar-refractivity contribution in [2.45, 2.75) is 64.3 Å². The summed E-state index contributed by atoms with van der Waals surface area (Å²) in [5.74, 6) is -1.27. The van der Waals surface area contributed by atoms with E-state index in [1.807, 2.05) is 0 Å². The summed E-state index contributed by atoms with van der Waals surface area (Å²) in [4.78, 5) is 0. The maximum absolute atomic E-state index is 12.3. The van der Waals surface area contributed by atoms with Gasteiger partial charge in [0.1, 0.15) is 6.61 Å². The summed E-state index contributed by atoms with van der Waals surface area (Å²) in [5.41, 5.74) is 1.01. The van der Waals surface area contributed by atoms with Gasteiger partial charge in [-0.1, -0.05) is 27.2 Å². The second-order valence-electron chi connectivity index (χ2n) is 7.59. The summed E-state index contributed by atoms with van der Waals surface area (Å²) in [6, 6.07) is 0. The van der Waals surface area contributed by atoms with Crippen LogP contribution >= 0.6 is 0 Å². The summed E-state index contributed by atoms with van der Waals surface area (Å²) in [5, 5.41) is 6.92. The van der Waals surface area contributed by atoms with Crippen LogP contribution in [0.1, 0.15) is 40.0 Å². The smallest absolute Gasteiger partial charge is 0.467 e. The fourth-order valence-electron chi connectivity index (χ4n) is 1.92. The van der Waals surface area contributed by atoms with Crippen molar-refractivity contribution >= 4 is 14.2 Å². The molecule has 1 N–H and O–H groups in total. The molecule has 0 aromatic heterocycles. The van der Waals surface area contributed by atoms with Crippen molar-refractivity contribution in [3.63, 3.8) is 0 Å². The van der Waals surface area contributed by atoms with Gasteiger partial charge in [-0.05, 0) is 48.5 Å². The highest BCUT2D eigenvalue weighted by Gasteiger charge is 2.38. The maximum atomic E-state index is 12.3. The van der Waals surface area contributed by atoms with Crippen molar-refractivity contribution in [3.8, 4) is 0 Å². The molecule has 1 aliphatic carbocycles. The fraction of sp³-hybridized carbons (Fsp3) is 0.812. The van der Waals surface area contributed by atoms with Crippen molar-refractivity contribution in [1.29, 1.82) is 5.41 Å². The molecule has 0 saturated heterocycles. The highest BCUT2D eigenvalue weighted by molar-refractivity contribution is 6.74. The topological polar surface area (TPSA) is 42.3 Å². The molecule has 0 aliphatic heterocycles. The molecule has 1 fully saturated rings. The van der Waals surface area contributed by atoms with Crippen LogP contribution in [0.15, 0.2) is 11.6 Å². The van der Waals surface area contributed by atoms with Crippen LogP contribution in [-0.4, -0.2) is 33.6 Å². The predicted molar refractivity (Wildman–Crippen MR) is 88.3 cm³/mol. The first-order valence-electron chi connectivity index (χ1n) is 7.96. The van der Waals surface area contributed by atoms with Crippen molar-refractivity contribution in [1.82, 2.24) is 0 Å². The second-order valence-corrected chi connectivity index (χ2v) is 12.4. The average molecular weight is 351 g/mol. The van der Waals surface area contributed by atoms with Crippen LogP contribution in [0.5, 0.6) is 0 Å². The van der Waals surface area contributed by atoms with Gasteiger partial charge in [0.25, 0.3) is 5.90 Å². The molecule has 0 atom stereocenters. The number of hydrogen-bond acceptors (Lipinski definition) is 3. The Labute approximate surface area is 137 Å². The molecular formula is C16H28F3NO2Si. The standard InChI is InChI=1S/C16H28F3NO2Si/c1-15(2,3)23(4,5)22-11-13(12-7-6-8-12)9-10-21-14(20)16(17,18)19/h9,12,20H,6-8,10-11H2,1-5H3/b13-9+,20-14?. The highest BCUT2D eigenvalue weighted by atomic mass is 28.4. The molecule has 1 rings (SSSR count). The summed E-state index contributed by atoms with van der Waals surface area (Å²) in [6.07, 6.45) is 0.174. The van der Waals surface area contributed by atoms with E-state index in [2.05, 4.69) is 38.6 Å². The van der Waals surface area contributed by atoms with E-state index in [-0.39, 0.29) is 11.6 Å². The van der Waals surface area contributed by atoms with Crippen molar-refractivity contribution in [3.05, 3.63) is 11.6 Å². The summed E-state index contributed by atoms with van der Waals surface area (Å²) in [6.45, 7) is 11.0. The normalized spacial score (nSPS) is 17.8. The third-order valence-electron chi connectivity index (χ3n) is 4.87. The molecule has 23 heavy (non-hydrogen) atoms. The first-order valence-corrected chi connectivity index (χ1v) is 10.9. The molecule has 0 unspecified atom stereocenters. The lowest BCUT2D eigenvalue weighted by Gasteiger charge is -2.38. The first-order chi connectivity index (χ1) is 10.3. The van der Waals surface area contributed by atoms with Gasteiger partial charge in [0, 0.05) is 0 Å². The van der Waals surface area contributed by atoms with E-state index < -0.39 is 20.4 Å². The Hall–Kier alpha value is -0.823. The van der Waals surface area contributed by atoms with E-state index in [0.29, 0.717) is 12.5 Å². The molecule has 0 bridgehead atoms. The van der Waals surface area contributed by atoms with Crippen molar-refractivity contribution in [2.75, 3.05) is 13.2 Å². The molecule has 1 saturated carbocycles. The number of nitrogens with one attached hydrogen (secondary N) is 1. The Kier molecular flexibility index (Phi) is 6.49. The van der Waals surface area contributed by atoms with Crippen molar-refractivity contribution in [2.24, 2.45) is 5.92 Å². The Balaban J connectivity index is 2.63. The minimum Gasteiger partial charge on any atom is -0.470 e. The number of ether oxygens (including phenoxy) is 1. The van der Waals surface area contributed by atoms with Crippen LogP contribution in [0.25, 0.3) is 0 Å². The van der Waals surface area contributed by atoms with Crippen LogP contribution in [0.4, 0.5) is 13.2 Å². The number of hydrogen-bond donors (Lipinski definition) is 1. The molecular weight excluding hydrogens is 323 g/mol. The van der Waals surface area contributed by atoms with E-state index in [9.17, 15) is 13.2 Å². The van der Waals surface area contributed by atoms with Crippen molar-refractivity contribution < 1.29 is 22.3 Å². The molecule has 0 amide bonds. The van der Waals surface area contributed by atoms with Gasteiger partial charge in [0.2, 0.25) is 0 Å². The lowest BCUT2D eigenvalue weighted by molar-refractivity contribution is -0.0782. The van der Waals surface area contributed by atoms with Gasteiger partial charge < -0.3 is 9.16 Å². The van der Waals surface area contributed by atoms with E-state index in [1.165, 1.54) is 0 Å². The van der Waals surface area contributed by atoms with Crippen LogP contribution < -0.4 is 0 Å². The van der Waals surface area contributed by atoms with Gasteiger partial charge in [-0.2, -0.15) is 13.2 Å². The SMILES string of the molecule is CC(C)(C)[Si](C)(C)OC/C(=C\COC(=N)C(F)(F)F)C1CCC1. The number of alkyl halides is 3. The van der Waals surface area contributed by atoms with Gasteiger partial charge >= 0.3 is 6.18 Å². The quantitative estimate of drug-likeness (QED) is 0.306. The molecule has 0 radical (unpaired) electrons. The number of rotatable bonds is 6. The van der Waals surface area contributed by atoms with E-state index >= 15 is 0 Å². The van der Waals surface area contributed by atoms with Gasteiger partial charge in [-0.25, -0.2) is 0 Å². The van der Waals surface area contributed by atoms with Gasteiger partial charge in [0.15, 0.2) is 8.32 Å². The summed E-state index contributed by atoms with van der Waals surface area (Å²) < 4.78 is 47.4. The van der Waals surface area contributed by atoms with Gasteiger partial charge in [-0.15, -0.1) is 0 Å². The zero-order chi connectivity index (χ0) is 17.9. The van der Waals surface area contributed by atoms with Crippen LogP contribution in [0.3, 0.4) is 0 Å². The Bertz CT molecular complexity index is 449. The second kappa shape index (κ2) is 7.38. The molecule has 0 aromatic rings. The molecule has 0 aromatic carbocycles. The molecule has 134 valence electrons. The molecule has 1 aliphatic rings.